The molecule has 0 atom stereocenters. The predicted molar refractivity (Wildman–Crippen MR) is 96.9 cm³/mol. The number of thiophene rings is 1. The van der Waals surface area contributed by atoms with Crippen LogP contribution in [0.4, 0.5) is 10.5 Å². The Morgan fingerprint density at radius 3 is 2.61 bits per heavy atom. The average Bonchev–Trinajstić information content (AvgIpc) is 3.03. The molecule has 0 bridgehead atoms. The number of phenolic OH excluding ortho intramolecular Hbond substituents is 1. The highest BCUT2D eigenvalue weighted by atomic mass is 32.1. The fraction of sp³-hybridized carbons (Fsp3) is 0.500. The van der Waals surface area contributed by atoms with Crippen molar-refractivity contribution in [2.24, 2.45) is 0 Å². The molecule has 1 aliphatic heterocycles. The second kappa shape index (κ2) is 6.40. The lowest BCUT2D eigenvalue weighted by Gasteiger charge is -2.24. The summed E-state index contributed by atoms with van der Waals surface area (Å²) in [5, 5.41) is 13.3. The molecule has 5 heteroatoms. The number of anilines is 1. The number of nitrogens with zero attached hydrogens (tertiary/aromatic N) is 1. The van der Waals surface area contributed by atoms with E-state index < -0.39 is 5.60 Å². The molecule has 0 aliphatic carbocycles. The van der Waals surface area contributed by atoms with Crippen LogP contribution in [0, 0.1) is 6.92 Å². The van der Waals surface area contributed by atoms with Crippen molar-refractivity contribution >= 4 is 33.2 Å². The number of ether oxygens (including phenoxy) is 1. The molecule has 1 N–H and O–H groups in total. The van der Waals surface area contributed by atoms with Crippen LogP contribution in [-0.2, 0) is 11.2 Å². The van der Waals surface area contributed by atoms with E-state index in [0.717, 1.165) is 33.3 Å². The highest BCUT2D eigenvalue weighted by Crippen LogP contribution is 2.43. The monoisotopic (exact) mass is 335 g/mol. The average molecular weight is 335 g/mol. The zero-order chi connectivity index (χ0) is 17.4. The highest BCUT2D eigenvalue weighted by Gasteiger charge is 2.31. The van der Waals surface area contributed by atoms with E-state index in [1.807, 2.05) is 46.9 Å². The van der Waals surface area contributed by atoms with Gasteiger partial charge in [0.1, 0.15) is 11.4 Å². The van der Waals surface area contributed by atoms with Crippen LogP contribution in [0.5, 0.6) is 5.75 Å². The van der Waals surface area contributed by atoms with Crippen LogP contribution in [0.3, 0.4) is 0 Å². The van der Waals surface area contributed by atoms with E-state index in [4.69, 9.17) is 4.74 Å². The van der Waals surface area contributed by atoms with Crippen molar-refractivity contribution in [3.05, 3.63) is 22.6 Å². The zero-order valence-corrected chi connectivity index (χ0v) is 15.5. The summed E-state index contributed by atoms with van der Waals surface area (Å²) in [5.74, 6) is 0.234. The summed E-state index contributed by atoms with van der Waals surface area (Å²) in [4.78, 5) is 13.9. The molecule has 3 rings (SSSR count). The number of hydrogen-bond donors (Lipinski definition) is 1. The predicted octanol–water partition coefficient (Wildman–Crippen LogP) is 5.24. The summed E-state index contributed by atoms with van der Waals surface area (Å²) in [7, 11) is 0. The Balaban J connectivity index is 0.000000924. The first-order chi connectivity index (χ1) is 10.8. The minimum atomic E-state index is -0.524. The van der Waals surface area contributed by atoms with Gasteiger partial charge in [0.2, 0.25) is 0 Å². The number of phenols is 1. The molecule has 0 saturated heterocycles. The second-order valence-electron chi connectivity index (χ2n) is 6.40. The van der Waals surface area contributed by atoms with Crippen molar-refractivity contribution in [1.82, 2.24) is 0 Å². The lowest BCUT2D eigenvalue weighted by molar-refractivity contribution is 0.0584. The number of benzene rings is 1. The van der Waals surface area contributed by atoms with Crippen LogP contribution in [0.2, 0.25) is 0 Å². The van der Waals surface area contributed by atoms with Crippen LogP contribution in [-0.4, -0.2) is 23.3 Å². The molecule has 1 aliphatic rings. The smallest absolute Gasteiger partial charge is 0.414 e. The maximum absolute atomic E-state index is 12.3. The van der Waals surface area contributed by atoms with Gasteiger partial charge in [0, 0.05) is 18.0 Å². The molecule has 0 fully saturated rings. The Morgan fingerprint density at radius 2 is 2.00 bits per heavy atom. The molecule has 1 aromatic heterocycles. The molecule has 126 valence electrons. The summed E-state index contributed by atoms with van der Waals surface area (Å²) in [6.07, 6.45) is 0.441. The first kappa shape index (κ1) is 17.6. The Morgan fingerprint density at radius 1 is 1.35 bits per heavy atom. The van der Waals surface area contributed by atoms with Crippen LogP contribution in [0.25, 0.3) is 10.1 Å². The highest BCUT2D eigenvalue weighted by molar-refractivity contribution is 7.17. The number of carbonyl (C=O) groups is 1. The lowest BCUT2D eigenvalue weighted by Crippen LogP contribution is -2.35. The molecule has 0 unspecified atom stereocenters. The Hall–Kier alpha value is -1.75. The standard InChI is InChI=1S/C16H19NO3S.C2H6/c1-9-8-21-14-12(18)7-11-10(13(9)14)5-6-17(11)15(19)20-16(2,3)4;1-2/h7-8,18H,5-6H2,1-4H3;1-2H3. The topological polar surface area (TPSA) is 49.8 Å². The third-order valence-corrected chi connectivity index (χ3v) is 4.70. The minimum absolute atomic E-state index is 0.234. The normalized spacial score (nSPS) is 13.6. The number of rotatable bonds is 0. The molecule has 0 radical (unpaired) electrons. The molecule has 1 aromatic carbocycles. The fourth-order valence-corrected chi connectivity index (χ4v) is 3.76. The summed E-state index contributed by atoms with van der Waals surface area (Å²) in [5.41, 5.74) is 2.53. The van der Waals surface area contributed by atoms with Crippen molar-refractivity contribution in [3.8, 4) is 5.75 Å². The Labute approximate surface area is 141 Å². The quantitative estimate of drug-likeness (QED) is 0.716. The Kier molecular flexibility index (Phi) is 4.90. The molecule has 0 saturated carbocycles. The number of hydrogen-bond acceptors (Lipinski definition) is 4. The van der Waals surface area contributed by atoms with Gasteiger partial charge in [-0.15, -0.1) is 11.3 Å². The largest absolute Gasteiger partial charge is 0.506 e. The lowest BCUT2D eigenvalue weighted by atomic mass is 10.0. The van der Waals surface area contributed by atoms with Gasteiger partial charge in [0.25, 0.3) is 0 Å². The molecule has 4 nitrogen and oxygen atoms in total. The third kappa shape index (κ3) is 3.29. The van der Waals surface area contributed by atoms with Crippen LogP contribution in [0.1, 0.15) is 45.7 Å². The van der Waals surface area contributed by atoms with E-state index in [1.165, 1.54) is 0 Å². The fourth-order valence-electron chi connectivity index (χ4n) is 2.76. The van der Waals surface area contributed by atoms with Crippen molar-refractivity contribution in [2.75, 3.05) is 11.4 Å². The van der Waals surface area contributed by atoms with E-state index in [0.29, 0.717) is 6.54 Å². The van der Waals surface area contributed by atoms with Gasteiger partial charge in [-0.2, -0.15) is 0 Å². The van der Waals surface area contributed by atoms with Gasteiger partial charge in [-0.05, 0) is 50.6 Å². The van der Waals surface area contributed by atoms with Gasteiger partial charge < -0.3 is 9.84 Å². The molecular weight excluding hydrogens is 310 g/mol. The number of amides is 1. The SMILES string of the molecule is CC.Cc1csc2c(O)cc3c(c12)CCN3C(=O)OC(C)(C)C. The Bertz CT molecular complexity index is 728. The maximum atomic E-state index is 12.3. The van der Waals surface area contributed by atoms with Gasteiger partial charge in [-0.25, -0.2) is 4.79 Å². The van der Waals surface area contributed by atoms with Crippen molar-refractivity contribution in [3.63, 3.8) is 0 Å². The van der Waals surface area contributed by atoms with E-state index in [9.17, 15) is 9.90 Å². The number of fused-ring (bicyclic) bond motifs is 3. The third-order valence-electron chi connectivity index (χ3n) is 3.58. The molecule has 1 amide bonds. The molecule has 2 aromatic rings. The van der Waals surface area contributed by atoms with Crippen molar-refractivity contribution in [1.29, 1.82) is 0 Å². The number of aromatic hydroxyl groups is 1. The summed E-state index contributed by atoms with van der Waals surface area (Å²) < 4.78 is 6.35. The first-order valence-electron chi connectivity index (χ1n) is 8.01. The molecular formula is C18H25NO3S. The van der Waals surface area contributed by atoms with Crippen LogP contribution < -0.4 is 4.90 Å². The summed E-state index contributed by atoms with van der Waals surface area (Å²) in [6, 6.07) is 1.69. The first-order valence-corrected chi connectivity index (χ1v) is 8.89. The summed E-state index contributed by atoms with van der Waals surface area (Å²) in [6.45, 7) is 12.2. The molecule has 23 heavy (non-hydrogen) atoms. The van der Waals surface area contributed by atoms with Crippen molar-refractivity contribution in [2.45, 2.75) is 53.6 Å². The van der Waals surface area contributed by atoms with Gasteiger partial charge in [0.05, 0.1) is 10.4 Å². The van der Waals surface area contributed by atoms with Crippen LogP contribution >= 0.6 is 11.3 Å². The van der Waals surface area contributed by atoms with E-state index >= 15 is 0 Å². The molecule has 2 heterocycles. The van der Waals surface area contributed by atoms with Gasteiger partial charge in [-0.3, -0.25) is 4.90 Å². The minimum Gasteiger partial charge on any atom is -0.506 e. The summed E-state index contributed by atoms with van der Waals surface area (Å²) >= 11 is 1.54. The molecule has 0 spiro atoms. The van der Waals surface area contributed by atoms with Gasteiger partial charge in [0.15, 0.2) is 0 Å². The van der Waals surface area contributed by atoms with E-state index in [-0.39, 0.29) is 11.8 Å². The zero-order valence-electron chi connectivity index (χ0n) is 14.7. The van der Waals surface area contributed by atoms with Crippen LogP contribution in [0.15, 0.2) is 11.4 Å². The van der Waals surface area contributed by atoms with Crippen molar-refractivity contribution < 1.29 is 14.6 Å². The maximum Gasteiger partial charge on any atom is 0.414 e. The second-order valence-corrected chi connectivity index (χ2v) is 7.28. The number of carbonyl (C=O) groups excluding carboxylic acids is 1. The van der Waals surface area contributed by atoms with E-state index in [1.54, 1.807) is 22.3 Å². The van der Waals surface area contributed by atoms with E-state index in [2.05, 4.69) is 0 Å². The van der Waals surface area contributed by atoms with Gasteiger partial charge >= 0.3 is 6.09 Å². The number of aryl methyl sites for hydroxylation is 1. The van der Waals surface area contributed by atoms with Gasteiger partial charge in [-0.1, -0.05) is 13.8 Å².